The van der Waals surface area contributed by atoms with Gasteiger partial charge in [-0.3, -0.25) is 9.00 Å². The number of carbonyl (C=O) groups is 1. The van der Waals surface area contributed by atoms with Gasteiger partial charge in [0.15, 0.2) is 0 Å². The molecule has 0 aromatic heterocycles. The van der Waals surface area contributed by atoms with E-state index in [9.17, 15) is 13.6 Å². The molecule has 0 rings (SSSR count). The maximum absolute atomic E-state index is 10.6. The van der Waals surface area contributed by atoms with Gasteiger partial charge in [-0.25, -0.2) is 0 Å². The van der Waals surface area contributed by atoms with Gasteiger partial charge in [-0.15, -0.1) is 0 Å². The zero-order valence-corrected chi connectivity index (χ0v) is 6.98. The summed E-state index contributed by atoms with van der Waals surface area (Å²) < 4.78 is 24.4. The molecule has 1 amide bonds. The van der Waals surface area contributed by atoms with E-state index in [1.165, 1.54) is 7.11 Å². The van der Waals surface area contributed by atoms with Crippen LogP contribution in [0.2, 0.25) is 0 Å². The monoisotopic (exact) mass is 180 g/mol. The van der Waals surface area contributed by atoms with Gasteiger partial charge < -0.3 is 14.6 Å². The molecule has 0 heterocycles. The SMILES string of the molecule is COCC(=O)NCCS(=O)[O-]. The van der Waals surface area contributed by atoms with E-state index in [1.807, 2.05) is 0 Å². The van der Waals surface area contributed by atoms with E-state index in [0.29, 0.717) is 0 Å². The fourth-order valence-electron chi connectivity index (χ4n) is 0.456. The van der Waals surface area contributed by atoms with Crippen LogP contribution in [-0.4, -0.2) is 40.7 Å². The number of carbonyl (C=O) groups excluding carboxylic acids is 1. The molecule has 6 heteroatoms. The van der Waals surface area contributed by atoms with Crippen molar-refractivity contribution in [2.24, 2.45) is 0 Å². The summed E-state index contributed by atoms with van der Waals surface area (Å²) in [5, 5.41) is 2.36. The van der Waals surface area contributed by atoms with Crippen LogP contribution in [0.1, 0.15) is 0 Å². The first-order chi connectivity index (χ1) is 5.16. The van der Waals surface area contributed by atoms with Gasteiger partial charge in [0, 0.05) is 19.4 Å². The summed E-state index contributed by atoms with van der Waals surface area (Å²) >= 11 is -2.09. The Kier molecular flexibility index (Phi) is 6.00. The van der Waals surface area contributed by atoms with Crippen molar-refractivity contribution in [3.8, 4) is 0 Å². The summed E-state index contributed by atoms with van der Waals surface area (Å²) in [5.74, 6) is -0.368. The number of hydrogen-bond donors (Lipinski definition) is 1. The van der Waals surface area contributed by atoms with Gasteiger partial charge in [0.05, 0.1) is 0 Å². The third kappa shape index (κ3) is 7.44. The van der Waals surface area contributed by atoms with Gasteiger partial charge in [0.25, 0.3) is 0 Å². The Balaban J connectivity index is 3.24. The molecule has 0 bridgehead atoms. The Bertz CT molecular complexity index is 149. The van der Waals surface area contributed by atoms with Crippen molar-refractivity contribution >= 4 is 17.0 Å². The highest BCUT2D eigenvalue weighted by Gasteiger charge is 1.96. The number of nitrogens with one attached hydrogen (secondary N) is 1. The molecule has 0 aliphatic carbocycles. The number of hydrogen-bond acceptors (Lipinski definition) is 4. The fourth-order valence-corrected chi connectivity index (χ4v) is 0.725. The first-order valence-corrected chi connectivity index (χ1v) is 4.22. The van der Waals surface area contributed by atoms with Crippen molar-refractivity contribution < 1.29 is 18.3 Å². The van der Waals surface area contributed by atoms with Crippen LogP contribution in [0.4, 0.5) is 0 Å². The van der Waals surface area contributed by atoms with Gasteiger partial charge >= 0.3 is 0 Å². The average Bonchev–Trinajstić information content (AvgIpc) is 1.87. The van der Waals surface area contributed by atoms with Gasteiger partial charge in [-0.2, -0.15) is 0 Å². The minimum atomic E-state index is -2.09. The molecule has 0 aromatic carbocycles. The minimum absolute atomic E-state index is 0.0362. The van der Waals surface area contributed by atoms with E-state index in [2.05, 4.69) is 10.1 Å². The smallest absolute Gasteiger partial charge is 0.246 e. The molecule has 1 N–H and O–H groups in total. The van der Waals surface area contributed by atoms with Crippen molar-refractivity contribution in [3.63, 3.8) is 0 Å². The van der Waals surface area contributed by atoms with Crippen molar-refractivity contribution in [2.45, 2.75) is 0 Å². The second-order valence-electron chi connectivity index (χ2n) is 1.79. The molecular formula is C5H10NO4S-. The van der Waals surface area contributed by atoms with Crippen molar-refractivity contribution in [1.29, 1.82) is 0 Å². The summed E-state index contributed by atoms with van der Waals surface area (Å²) in [7, 11) is 1.39. The van der Waals surface area contributed by atoms with Gasteiger partial charge in [-0.05, 0) is 0 Å². The zero-order valence-electron chi connectivity index (χ0n) is 6.16. The number of amides is 1. The maximum atomic E-state index is 10.6. The summed E-state index contributed by atoms with van der Waals surface area (Å²) in [6.45, 7) is 0.101. The molecule has 0 aliphatic heterocycles. The Morgan fingerprint density at radius 3 is 2.82 bits per heavy atom. The summed E-state index contributed by atoms with van der Waals surface area (Å²) in [6.07, 6.45) is 0. The zero-order chi connectivity index (χ0) is 8.69. The Labute approximate surface area is 67.4 Å². The predicted molar refractivity (Wildman–Crippen MR) is 38.7 cm³/mol. The molecule has 0 saturated carbocycles. The van der Waals surface area contributed by atoms with Crippen LogP contribution < -0.4 is 5.32 Å². The lowest BCUT2D eigenvalue weighted by molar-refractivity contribution is -0.124. The molecule has 0 saturated heterocycles. The van der Waals surface area contributed by atoms with E-state index >= 15 is 0 Å². The van der Waals surface area contributed by atoms with E-state index in [1.54, 1.807) is 0 Å². The average molecular weight is 180 g/mol. The molecule has 0 aromatic rings. The quantitative estimate of drug-likeness (QED) is 0.529. The maximum Gasteiger partial charge on any atom is 0.246 e. The second kappa shape index (κ2) is 6.26. The molecule has 0 aliphatic rings. The van der Waals surface area contributed by atoms with E-state index in [-0.39, 0.29) is 24.8 Å². The van der Waals surface area contributed by atoms with Crippen LogP contribution in [0, 0.1) is 0 Å². The highest BCUT2D eigenvalue weighted by atomic mass is 32.2. The third-order valence-electron chi connectivity index (χ3n) is 0.866. The topological polar surface area (TPSA) is 78.5 Å². The Morgan fingerprint density at radius 2 is 2.36 bits per heavy atom. The third-order valence-corrected chi connectivity index (χ3v) is 1.40. The summed E-state index contributed by atoms with van der Waals surface area (Å²) in [5.41, 5.74) is 0. The van der Waals surface area contributed by atoms with Crippen molar-refractivity contribution in [3.05, 3.63) is 0 Å². The molecule has 1 atom stereocenters. The first-order valence-electron chi connectivity index (χ1n) is 2.98. The molecule has 0 radical (unpaired) electrons. The summed E-state index contributed by atoms with van der Waals surface area (Å²) in [4.78, 5) is 10.6. The van der Waals surface area contributed by atoms with Crippen LogP contribution in [0.25, 0.3) is 0 Å². The van der Waals surface area contributed by atoms with E-state index < -0.39 is 11.1 Å². The van der Waals surface area contributed by atoms with Gasteiger partial charge in [0.1, 0.15) is 6.61 Å². The standard InChI is InChI=1S/C5H11NO4S/c1-10-4-5(7)6-2-3-11(8)9/h2-4H2,1H3,(H,6,7)(H,8,9)/p-1. The van der Waals surface area contributed by atoms with E-state index in [0.717, 1.165) is 0 Å². The largest absolute Gasteiger partial charge is 0.772 e. The Hall–Kier alpha value is -0.460. The van der Waals surface area contributed by atoms with E-state index in [4.69, 9.17) is 0 Å². The second-order valence-corrected chi connectivity index (χ2v) is 2.81. The normalized spacial score (nSPS) is 12.5. The molecule has 5 nitrogen and oxygen atoms in total. The lowest BCUT2D eigenvalue weighted by Gasteiger charge is -2.05. The molecule has 1 unspecified atom stereocenters. The number of methoxy groups -OCH3 is 1. The highest BCUT2D eigenvalue weighted by molar-refractivity contribution is 7.79. The van der Waals surface area contributed by atoms with Crippen LogP contribution in [-0.2, 0) is 20.6 Å². The fraction of sp³-hybridized carbons (Fsp3) is 0.800. The minimum Gasteiger partial charge on any atom is -0.772 e. The predicted octanol–water partition coefficient (Wildman–Crippen LogP) is -1.37. The lowest BCUT2D eigenvalue weighted by Crippen LogP contribution is -2.30. The molecule has 0 fully saturated rings. The van der Waals surface area contributed by atoms with Crippen LogP contribution in [0.15, 0.2) is 0 Å². The number of ether oxygens (including phenoxy) is 1. The van der Waals surface area contributed by atoms with Crippen molar-refractivity contribution in [2.75, 3.05) is 26.0 Å². The molecule has 11 heavy (non-hydrogen) atoms. The molecule has 0 spiro atoms. The van der Waals surface area contributed by atoms with Crippen molar-refractivity contribution in [1.82, 2.24) is 5.32 Å². The highest BCUT2D eigenvalue weighted by Crippen LogP contribution is 1.72. The van der Waals surface area contributed by atoms with Crippen LogP contribution >= 0.6 is 0 Å². The lowest BCUT2D eigenvalue weighted by atomic mass is 10.6. The molecular weight excluding hydrogens is 170 g/mol. The van der Waals surface area contributed by atoms with Gasteiger partial charge in [0.2, 0.25) is 5.91 Å². The first kappa shape index (κ1) is 10.5. The number of rotatable bonds is 5. The molecule has 66 valence electrons. The van der Waals surface area contributed by atoms with Gasteiger partial charge in [-0.1, -0.05) is 11.1 Å². The van der Waals surface area contributed by atoms with Crippen LogP contribution in [0.3, 0.4) is 0 Å². The Morgan fingerprint density at radius 1 is 1.73 bits per heavy atom. The summed E-state index contributed by atoms with van der Waals surface area (Å²) in [6, 6.07) is 0. The van der Waals surface area contributed by atoms with Crippen LogP contribution in [0.5, 0.6) is 0 Å².